The molecule has 1 aliphatic rings. The Bertz CT molecular complexity index is 1570. The maximum absolute atomic E-state index is 13.6. The largest absolute Gasteiger partial charge is 0.323 e. The number of hydrazone groups is 1. The molecule has 1 aromatic carbocycles. The van der Waals surface area contributed by atoms with E-state index in [1.165, 1.54) is 12.1 Å². The van der Waals surface area contributed by atoms with E-state index in [9.17, 15) is 9.18 Å². The third kappa shape index (κ3) is 5.29. The highest BCUT2D eigenvalue weighted by molar-refractivity contribution is 6.12. The fraction of sp³-hybridized carbons (Fsp3) is 0.133. The van der Waals surface area contributed by atoms with E-state index < -0.39 is 0 Å². The van der Waals surface area contributed by atoms with Gasteiger partial charge in [-0.3, -0.25) is 14.2 Å². The summed E-state index contributed by atoms with van der Waals surface area (Å²) in [5.74, 6) is -0.593. The number of rotatable bonds is 8. The van der Waals surface area contributed by atoms with Gasteiger partial charge < -0.3 is 5.32 Å². The lowest BCUT2D eigenvalue weighted by Gasteiger charge is -2.22. The summed E-state index contributed by atoms with van der Waals surface area (Å²) in [6.07, 6.45) is 11.6. The Balaban J connectivity index is 1.54. The van der Waals surface area contributed by atoms with Crippen molar-refractivity contribution in [3.63, 3.8) is 0 Å². The lowest BCUT2D eigenvalue weighted by molar-refractivity contribution is 0.0959. The quantitative estimate of drug-likeness (QED) is 0.314. The average molecular weight is 507 g/mol. The second kappa shape index (κ2) is 11.0. The van der Waals surface area contributed by atoms with Gasteiger partial charge in [-0.25, -0.2) is 14.4 Å². The zero-order valence-corrected chi connectivity index (χ0v) is 21.0. The van der Waals surface area contributed by atoms with Crippen LogP contribution in [0.15, 0.2) is 114 Å². The first kappa shape index (κ1) is 24.8. The molecule has 8 heteroatoms. The van der Waals surface area contributed by atoms with E-state index in [1.54, 1.807) is 47.7 Å². The van der Waals surface area contributed by atoms with Crippen LogP contribution in [-0.4, -0.2) is 31.0 Å². The van der Waals surface area contributed by atoms with Gasteiger partial charge in [-0.15, -0.1) is 0 Å². The van der Waals surface area contributed by atoms with Crippen molar-refractivity contribution in [2.75, 3.05) is 0 Å². The molecule has 0 saturated carbocycles. The number of hydrogen-bond donors (Lipinski definition) is 1. The van der Waals surface area contributed by atoms with Crippen LogP contribution in [0.3, 0.4) is 0 Å². The predicted molar refractivity (Wildman–Crippen MR) is 147 cm³/mol. The highest BCUT2D eigenvalue weighted by Crippen LogP contribution is 2.28. The maximum atomic E-state index is 13.6. The number of nitrogens with zero attached hydrogens (tertiary/aromatic N) is 5. The van der Waals surface area contributed by atoms with Crippen LogP contribution in [0.2, 0.25) is 0 Å². The molecule has 0 spiro atoms. The van der Waals surface area contributed by atoms with E-state index >= 15 is 0 Å². The van der Waals surface area contributed by atoms with E-state index in [0.717, 1.165) is 29.7 Å². The van der Waals surface area contributed by atoms with Crippen molar-refractivity contribution in [1.82, 2.24) is 24.7 Å². The molecule has 0 unspecified atom stereocenters. The molecule has 1 amide bonds. The number of nitrogens with one attached hydrogen (secondary N) is 1. The molecule has 4 heterocycles. The van der Waals surface area contributed by atoms with Gasteiger partial charge in [0.25, 0.3) is 5.91 Å². The van der Waals surface area contributed by atoms with Gasteiger partial charge in [0.2, 0.25) is 0 Å². The van der Waals surface area contributed by atoms with Crippen LogP contribution in [0.4, 0.5) is 4.39 Å². The van der Waals surface area contributed by atoms with E-state index in [2.05, 4.69) is 23.8 Å². The van der Waals surface area contributed by atoms with Gasteiger partial charge in [0.05, 0.1) is 11.4 Å². The number of carbonyl (C=O) groups is 1. The highest BCUT2D eigenvalue weighted by Gasteiger charge is 2.21. The normalized spacial score (nSPS) is 13.6. The van der Waals surface area contributed by atoms with E-state index in [-0.39, 0.29) is 11.7 Å². The molecule has 0 atom stereocenters. The summed E-state index contributed by atoms with van der Waals surface area (Å²) in [6.45, 7) is 6.23. The van der Waals surface area contributed by atoms with Crippen LogP contribution in [0.5, 0.6) is 0 Å². The number of benzene rings is 1. The second-order valence-corrected chi connectivity index (χ2v) is 8.83. The van der Waals surface area contributed by atoms with Crippen molar-refractivity contribution in [3.05, 3.63) is 127 Å². The van der Waals surface area contributed by atoms with Crippen LogP contribution in [0.25, 0.3) is 16.9 Å². The molecule has 1 aliphatic heterocycles. The fourth-order valence-corrected chi connectivity index (χ4v) is 4.13. The molecule has 0 fully saturated rings. The molecule has 4 aromatic rings. The third-order valence-electron chi connectivity index (χ3n) is 6.08. The SMILES string of the molecule is C=C1C=CC(c2c(-c3ccc(F)cc3)nc3ccccn23)=NN1/C=C(\CCCC)NC(=O)c1ccccn1. The Labute approximate surface area is 220 Å². The first-order chi connectivity index (χ1) is 18.5. The summed E-state index contributed by atoms with van der Waals surface area (Å²) in [6, 6.07) is 17.2. The Hall–Kier alpha value is -4.85. The molecule has 38 heavy (non-hydrogen) atoms. The lowest BCUT2D eigenvalue weighted by Crippen LogP contribution is -2.26. The maximum Gasteiger partial charge on any atom is 0.274 e. The molecule has 5 rings (SSSR count). The molecule has 0 bridgehead atoms. The summed E-state index contributed by atoms with van der Waals surface area (Å²) in [5.41, 5.74) is 5.32. The number of pyridine rings is 2. The topological polar surface area (TPSA) is 74.9 Å². The number of carbonyl (C=O) groups excluding carboxylic acids is 1. The number of hydrogen-bond acceptors (Lipinski definition) is 5. The first-order valence-electron chi connectivity index (χ1n) is 12.4. The Morgan fingerprint density at radius 1 is 1.08 bits per heavy atom. The minimum absolute atomic E-state index is 0.282. The van der Waals surface area contributed by atoms with Crippen molar-refractivity contribution < 1.29 is 9.18 Å². The summed E-state index contributed by atoms with van der Waals surface area (Å²) < 4.78 is 15.6. The number of fused-ring (bicyclic) bond motifs is 1. The molecule has 1 N–H and O–H groups in total. The second-order valence-electron chi connectivity index (χ2n) is 8.83. The van der Waals surface area contributed by atoms with Crippen molar-refractivity contribution in [3.8, 4) is 11.3 Å². The lowest BCUT2D eigenvalue weighted by atomic mass is 10.1. The van der Waals surface area contributed by atoms with Gasteiger partial charge >= 0.3 is 0 Å². The number of aromatic nitrogens is 3. The minimum Gasteiger partial charge on any atom is -0.323 e. The van der Waals surface area contributed by atoms with E-state index in [4.69, 9.17) is 10.1 Å². The highest BCUT2D eigenvalue weighted by atomic mass is 19.1. The van der Waals surface area contributed by atoms with Gasteiger partial charge in [0, 0.05) is 29.9 Å². The van der Waals surface area contributed by atoms with Crippen molar-refractivity contribution >= 4 is 17.3 Å². The number of allylic oxidation sites excluding steroid dienone is 3. The zero-order valence-electron chi connectivity index (χ0n) is 21.0. The average Bonchev–Trinajstić information content (AvgIpc) is 3.33. The smallest absolute Gasteiger partial charge is 0.274 e. The standard InChI is InChI=1S/C30H27FN6O/c1-3-4-9-24(33-30(38)26-10-5-7-18-32-26)20-37-21(2)12-17-25(35-37)29-28(22-13-15-23(31)16-14-22)34-27-11-6-8-19-36(27)29/h5-8,10-20H,2-4,9H2,1H3,(H,33,38)/b24-20+. The number of imidazole rings is 1. The number of unbranched alkanes of at least 4 members (excludes halogenated alkanes) is 1. The van der Waals surface area contributed by atoms with E-state index in [0.29, 0.717) is 34.9 Å². The van der Waals surface area contributed by atoms with Crippen molar-refractivity contribution in [2.24, 2.45) is 5.10 Å². The predicted octanol–water partition coefficient (Wildman–Crippen LogP) is 6.09. The van der Waals surface area contributed by atoms with Crippen molar-refractivity contribution in [1.29, 1.82) is 0 Å². The van der Waals surface area contributed by atoms with Gasteiger partial charge in [-0.2, -0.15) is 5.10 Å². The zero-order chi connectivity index (χ0) is 26.5. The van der Waals surface area contributed by atoms with Crippen LogP contribution >= 0.6 is 0 Å². The van der Waals surface area contributed by atoms with Gasteiger partial charge in [0.15, 0.2) is 0 Å². The van der Waals surface area contributed by atoms with Crippen LogP contribution < -0.4 is 5.32 Å². The molecular weight excluding hydrogens is 479 g/mol. The monoisotopic (exact) mass is 506 g/mol. The molecule has 7 nitrogen and oxygen atoms in total. The molecule has 0 saturated heterocycles. The molecular formula is C30H27FN6O. The first-order valence-corrected chi connectivity index (χ1v) is 12.4. The molecule has 3 aromatic heterocycles. The fourth-order valence-electron chi connectivity index (χ4n) is 4.13. The Kier molecular flexibility index (Phi) is 7.21. The summed E-state index contributed by atoms with van der Waals surface area (Å²) in [4.78, 5) is 21.8. The molecule has 0 radical (unpaired) electrons. The third-order valence-corrected chi connectivity index (χ3v) is 6.08. The summed E-state index contributed by atoms with van der Waals surface area (Å²) in [7, 11) is 0. The minimum atomic E-state index is -0.311. The van der Waals surface area contributed by atoms with Gasteiger partial charge in [-0.1, -0.05) is 32.1 Å². The molecule has 190 valence electrons. The Morgan fingerprint density at radius 3 is 2.66 bits per heavy atom. The van der Waals surface area contributed by atoms with E-state index in [1.807, 2.05) is 40.9 Å². The Morgan fingerprint density at radius 2 is 1.89 bits per heavy atom. The van der Waals surface area contributed by atoms with Crippen LogP contribution in [0, 0.1) is 5.82 Å². The van der Waals surface area contributed by atoms with Gasteiger partial charge in [0.1, 0.15) is 28.6 Å². The van der Waals surface area contributed by atoms with Gasteiger partial charge in [-0.05, 0) is 73.5 Å². The van der Waals surface area contributed by atoms with Crippen LogP contribution in [0.1, 0.15) is 42.4 Å². The molecule has 0 aliphatic carbocycles. The summed E-state index contributed by atoms with van der Waals surface area (Å²) >= 11 is 0. The number of halogens is 1. The number of amides is 1. The van der Waals surface area contributed by atoms with Crippen molar-refractivity contribution in [2.45, 2.75) is 26.2 Å². The summed E-state index contributed by atoms with van der Waals surface area (Å²) in [5, 5.41) is 9.52. The van der Waals surface area contributed by atoms with Crippen LogP contribution in [-0.2, 0) is 0 Å².